The highest BCUT2D eigenvalue weighted by Crippen LogP contribution is 2.36. The Morgan fingerprint density at radius 1 is 0.690 bits per heavy atom. The van der Waals surface area contributed by atoms with Crippen LogP contribution in [0.2, 0.25) is 0 Å². The Morgan fingerprint density at radius 3 is 1.90 bits per heavy atom. The van der Waals surface area contributed by atoms with Gasteiger partial charge in [-0.1, -0.05) is 36.4 Å². The van der Waals surface area contributed by atoms with Crippen molar-refractivity contribution in [3.05, 3.63) is 82.2 Å². The van der Waals surface area contributed by atoms with Crippen LogP contribution in [-0.4, -0.2) is 19.3 Å². The number of rotatable bonds is 4. The molecule has 0 atom stereocenters. The fourth-order valence-corrected chi connectivity index (χ4v) is 3.72. The van der Waals surface area contributed by atoms with Gasteiger partial charge in [-0.3, -0.25) is 0 Å². The summed E-state index contributed by atoms with van der Waals surface area (Å²) in [6, 6.07) is 19.3. The number of ether oxygens (including phenoxy) is 2. The molecule has 0 amide bonds. The van der Waals surface area contributed by atoms with Gasteiger partial charge in [-0.25, -0.2) is 0 Å². The smallest absolute Gasteiger partial charge is 0.161 e. The molecule has 0 unspecified atom stereocenters. The second kappa shape index (κ2) is 6.63. The van der Waals surface area contributed by atoms with Gasteiger partial charge >= 0.3 is 0 Å². The Balaban J connectivity index is 1.57. The normalized spacial score (nSPS) is 13.9. The van der Waals surface area contributed by atoms with E-state index in [4.69, 9.17) is 9.47 Å². The summed E-state index contributed by atoms with van der Waals surface area (Å²) in [4.78, 5) is 0. The number of benzene rings is 3. The third kappa shape index (κ3) is 2.79. The number of phenols is 1. The van der Waals surface area contributed by atoms with Crippen molar-refractivity contribution in [2.24, 2.45) is 10.2 Å². The molecule has 5 rings (SSSR count). The van der Waals surface area contributed by atoms with Gasteiger partial charge in [0.1, 0.15) is 17.1 Å². The first-order valence-electron chi connectivity index (χ1n) is 9.22. The van der Waals surface area contributed by atoms with E-state index in [2.05, 4.69) is 28.4 Å². The van der Waals surface area contributed by atoms with Crippen molar-refractivity contribution >= 4 is 17.5 Å². The van der Waals surface area contributed by atoms with Crippen molar-refractivity contribution < 1.29 is 14.6 Å². The van der Waals surface area contributed by atoms with Gasteiger partial charge in [-0.2, -0.15) is 0 Å². The molecule has 1 N–H and O–H groups in total. The number of methoxy groups -OCH3 is 2. The molecule has 29 heavy (non-hydrogen) atoms. The monoisotopic (exact) mass is 382 g/mol. The lowest BCUT2D eigenvalue weighted by molar-refractivity contribution is 0.354. The summed E-state index contributed by atoms with van der Waals surface area (Å²) < 4.78 is 10.8. The highest BCUT2D eigenvalue weighted by Gasteiger charge is 2.23. The number of phenolic OH excluding ortho intramolecular Hbond substituents is 1. The first-order chi connectivity index (χ1) is 14.2. The van der Waals surface area contributed by atoms with Crippen LogP contribution < -0.4 is 19.9 Å². The molecule has 1 aliphatic heterocycles. The molecule has 3 aromatic carbocycles. The molecule has 1 aliphatic carbocycles. The maximum absolute atomic E-state index is 9.47. The molecular formula is C24H18N2O3. The van der Waals surface area contributed by atoms with Crippen LogP contribution in [0.15, 0.2) is 76.5 Å². The second-order valence-electron chi connectivity index (χ2n) is 6.87. The van der Waals surface area contributed by atoms with E-state index in [-0.39, 0.29) is 5.75 Å². The first-order valence-corrected chi connectivity index (χ1v) is 9.22. The van der Waals surface area contributed by atoms with Crippen LogP contribution >= 0.6 is 0 Å². The predicted molar refractivity (Wildman–Crippen MR) is 112 cm³/mol. The van der Waals surface area contributed by atoms with Crippen LogP contribution in [0.3, 0.4) is 0 Å². The largest absolute Gasteiger partial charge is 0.508 e. The topological polar surface area (TPSA) is 63.4 Å². The van der Waals surface area contributed by atoms with Crippen molar-refractivity contribution in [1.29, 1.82) is 0 Å². The summed E-state index contributed by atoms with van der Waals surface area (Å²) in [6.07, 6.45) is 2.09. The number of fused-ring (bicyclic) bond motifs is 2. The van der Waals surface area contributed by atoms with Crippen LogP contribution in [0.25, 0.3) is 28.6 Å². The quantitative estimate of drug-likeness (QED) is 0.745. The number of nitrogens with zero attached hydrogens (tertiary/aromatic N) is 2. The van der Waals surface area contributed by atoms with Gasteiger partial charge in [0, 0.05) is 16.4 Å². The zero-order valence-electron chi connectivity index (χ0n) is 16.0. The Bertz CT molecular complexity index is 1300. The van der Waals surface area contributed by atoms with Gasteiger partial charge in [-0.15, -0.1) is 10.2 Å². The second-order valence-corrected chi connectivity index (χ2v) is 6.87. The van der Waals surface area contributed by atoms with Gasteiger partial charge in [0.2, 0.25) is 0 Å². The first kappa shape index (κ1) is 17.3. The van der Waals surface area contributed by atoms with Crippen molar-refractivity contribution in [1.82, 2.24) is 0 Å². The third-order valence-corrected chi connectivity index (χ3v) is 5.23. The van der Waals surface area contributed by atoms with E-state index in [0.29, 0.717) is 11.5 Å². The lowest BCUT2D eigenvalue weighted by Crippen LogP contribution is -2.22. The molecule has 0 bridgehead atoms. The molecule has 1 heterocycles. The van der Waals surface area contributed by atoms with Crippen molar-refractivity contribution in [3.63, 3.8) is 0 Å². The Labute approximate surface area is 167 Å². The molecule has 0 fully saturated rings. The van der Waals surface area contributed by atoms with Gasteiger partial charge in [0.15, 0.2) is 11.5 Å². The van der Waals surface area contributed by atoms with Crippen LogP contribution in [0, 0.1) is 0 Å². The molecule has 0 saturated carbocycles. The highest BCUT2D eigenvalue weighted by atomic mass is 16.5. The Morgan fingerprint density at radius 2 is 1.24 bits per heavy atom. The maximum atomic E-state index is 9.47. The summed E-state index contributed by atoms with van der Waals surface area (Å²) in [6.45, 7) is 0. The molecule has 3 aromatic rings. The van der Waals surface area contributed by atoms with E-state index in [1.165, 1.54) is 0 Å². The molecule has 5 heteroatoms. The van der Waals surface area contributed by atoms with Crippen molar-refractivity contribution in [2.45, 2.75) is 0 Å². The molecule has 2 aliphatic rings. The van der Waals surface area contributed by atoms with Crippen LogP contribution in [0.1, 0.15) is 5.56 Å². The fraction of sp³-hybridized carbons (Fsp3) is 0.0833. The molecule has 0 saturated heterocycles. The standard InChI is InChI=1S/C24H18N2O3/c1-28-21-12-17-11-20-23(25-26-24(20)19(17)13-22(21)29-2)16-5-3-14(4-6-16)15-7-9-18(27)10-8-15/h3-13,27H,1-2H3. The van der Waals surface area contributed by atoms with Gasteiger partial charge in [0.05, 0.1) is 14.2 Å². The highest BCUT2D eigenvalue weighted by molar-refractivity contribution is 5.96. The number of hydrogen-bond acceptors (Lipinski definition) is 5. The van der Waals surface area contributed by atoms with Crippen molar-refractivity contribution in [3.8, 4) is 28.4 Å². The number of azo groups is 1. The summed E-state index contributed by atoms with van der Waals surface area (Å²) in [7, 11) is 3.26. The predicted octanol–water partition coefficient (Wildman–Crippen LogP) is 3.86. The van der Waals surface area contributed by atoms with Gasteiger partial charge < -0.3 is 14.6 Å². The van der Waals surface area contributed by atoms with E-state index in [9.17, 15) is 5.11 Å². The van der Waals surface area contributed by atoms with Crippen molar-refractivity contribution in [2.75, 3.05) is 14.2 Å². The van der Waals surface area contributed by atoms with E-state index >= 15 is 0 Å². The average Bonchev–Trinajstić information content (AvgIpc) is 3.32. The zero-order valence-corrected chi connectivity index (χ0v) is 16.0. The third-order valence-electron chi connectivity index (χ3n) is 5.23. The van der Waals surface area contributed by atoms with Gasteiger partial charge in [0.25, 0.3) is 0 Å². The molecule has 0 aromatic heterocycles. The Hall–Kier alpha value is -3.86. The Kier molecular flexibility index (Phi) is 3.95. The fourth-order valence-electron chi connectivity index (χ4n) is 3.72. The van der Waals surface area contributed by atoms with E-state index in [1.807, 2.05) is 36.4 Å². The minimum absolute atomic E-state index is 0.261. The van der Waals surface area contributed by atoms with E-state index in [0.717, 1.165) is 44.1 Å². The van der Waals surface area contributed by atoms with Crippen LogP contribution in [0.4, 0.5) is 0 Å². The SMILES string of the molecule is COc1cc2c(cc1OC)=C1N=NC(c3ccc(-c4ccc(O)cc4)cc3)=C1C=2. The minimum atomic E-state index is 0.261. The maximum Gasteiger partial charge on any atom is 0.161 e. The van der Waals surface area contributed by atoms with E-state index in [1.54, 1.807) is 26.4 Å². The summed E-state index contributed by atoms with van der Waals surface area (Å²) in [5, 5.41) is 20.4. The summed E-state index contributed by atoms with van der Waals surface area (Å²) >= 11 is 0. The van der Waals surface area contributed by atoms with Crippen LogP contribution in [-0.2, 0) is 0 Å². The molecule has 0 spiro atoms. The molecular weight excluding hydrogens is 364 g/mol. The van der Waals surface area contributed by atoms with Gasteiger partial charge in [-0.05, 0) is 46.7 Å². The number of hydrogen-bond donors (Lipinski definition) is 1. The van der Waals surface area contributed by atoms with Crippen LogP contribution in [0.5, 0.6) is 17.2 Å². The minimum Gasteiger partial charge on any atom is -0.508 e. The lowest BCUT2D eigenvalue weighted by Gasteiger charge is -2.06. The molecule has 0 radical (unpaired) electrons. The summed E-state index contributed by atoms with van der Waals surface area (Å²) in [5.41, 5.74) is 5.85. The lowest BCUT2D eigenvalue weighted by atomic mass is 10.0. The molecule has 142 valence electrons. The average molecular weight is 382 g/mol. The zero-order chi connectivity index (χ0) is 20.0. The number of aromatic hydroxyl groups is 1. The summed E-state index contributed by atoms with van der Waals surface area (Å²) in [5.74, 6) is 1.63. The van der Waals surface area contributed by atoms with E-state index < -0.39 is 0 Å². The molecule has 5 nitrogen and oxygen atoms in total.